The molecule has 12 heteroatoms. The fourth-order valence-electron chi connectivity index (χ4n) is 2.42. The standard InChI is InChI=1S/C16H16N4O6S2/c1-25-28(26-2)15(12-7-6-8-13(11-12)20(21)22)17-16(19-28)18-27(23,24)14-9-4-3-5-10-14/h3-11H,1-2H3,(H,18,19). The lowest BCUT2D eigenvalue weighted by atomic mass is 10.2. The van der Waals surface area contributed by atoms with Gasteiger partial charge in [0.05, 0.1) is 24.0 Å². The molecule has 148 valence electrons. The molecule has 3 rings (SSSR count). The van der Waals surface area contributed by atoms with E-state index in [9.17, 15) is 18.5 Å². The molecule has 0 atom stereocenters. The minimum Gasteiger partial charge on any atom is -0.263 e. The van der Waals surface area contributed by atoms with Crippen molar-refractivity contribution < 1.29 is 21.7 Å². The molecular weight excluding hydrogens is 408 g/mol. The van der Waals surface area contributed by atoms with E-state index in [2.05, 4.69) is 14.1 Å². The number of nitrogens with zero attached hydrogens (tertiary/aromatic N) is 3. The Morgan fingerprint density at radius 3 is 2.36 bits per heavy atom. The largest absolute Gasteiger partial charge is 0.270 e. The first-order chi connectivity index (χ1) is 13.3. The number of hydrogen-bond donors (Lipinski definition) is 1. The van der Waals surface area contributed by atoms with Crippen LogP contribution in [0.5, 0.6) is 0 Å². The molecule has 1 aliphatic rings. The molecule has 0 saturated heterocycles. The molecule has 0 aliphatic carbocycles. The van der Waals surface area contributed by atoms with Gasteiger partial charge in [0.2, 0.25) is 0 Å². The van der Waals surface area contributed by atoms with Gasteiger partial charge in [0, 0.05) is 17.7 Å². The topological polar surface area (TPSA) is 132 Å². The van der Waals surface area contributed by atoms with Crippen LogP contribution in [0.3, 0.4) is 0 Å². The number of nitro groups is 1. The van der Waals surface area contributed by atoms with Gasteiger partial charge in [-0.1, -0.05) is 30.3 Å². The highest BCUT2D eigenvalue weighted by Crippen LogP contribution is 2.56. The van der Waals surface area contributed by atoms with E-state index >= 15 is 0 Å². The Balaban J connectivity index is 2.02. The summed E-state index contributed by atoms with van der Waals surface area (Å²) in [6.45, 7) is 0. The molecule has 1 N–H and O–H groups in total. The predicted molar refractivity (Wildman–Crippen MR) is 105 cm³/mol. The molecule has 1 heterocycles. The fourth-order valence-corrected chi connectivity index (χ4v) is 5.07. The van der Waals surface area contributed by atoms with Gasteiger partial charge < -0.3 is 0 Å². The molecule has 2 aromatic rings. The van der Waals surface area contributed by atoms with Crippen LogP contribution in [0, 0.1) is 10.1 Å². The highest BCUT2D eigenvalue weighted by Gasteiger charge is 2.35. The van der Waals surface area contributed by atoms with Gasteiger partial charge in [-0.15, -0.1) is 4.40 Å². The molecular formula is C16H16N4O6S2. The van der Waals surface area contributed by atoms with Gasteiger partial charge in [0.25, 0.3) is 21.7 Å². The van der Waals surface area contributed by atoms with Crippen molar-refractivity contribution in [2.45, 2.75) is 4.90 Å². The lowest BCUT2D eigenvalue weighted by Crippen LogP contribution is -2.28. The quantitative estimate of drug-likeness (QED) is 0.560. The zero-order chi connectivity index (χ0) is 20.4. The van der Waals surface area contributed by atoms with Crippen molar-refractivity contribution in [3.8, 4) is 0 Å². The first-order valence-electron chi connectivity index (χ1n) is 7.77. The Hall–Kier alpha value is -2.80. The molecule has 1 aliphatic heterocycles. The molecule has 0 amide bonds. The summed E-state index contributed by atoms with van der Waals surface area (Å²) >= 11 is 0. The van der Waals surface area contributed by atoms with Gasteiger partial charge in [0.15, 0.2) is 5.04 Å². The second-order valence-corrected chi connectivity index (χ2v) is 9.23. The summed E-state index contributed by atoms with van der Waals surface area (Å²) < 4.78 is 42.4. The van der Waals surface area contributed by atoms with Crippen molar-refractivity contribution in [1.82, 2.24) is 4.72 Å². The fraction of sp³-hybridized carbons (Fsp3) is 0.125. The average Bonchev–Trinajstić information content (AvgIpc) is 3.07. The average molecular weight is 424 g/mol. The number of rotatable bonds is 6. The van der Waals surface area contributed by atoms with Crippen LogP contribution in [-0.2, 0) is 18.4 Å². The van der Waals surface area contributed by atoms with Crippen LogP contribution in [0.2, 0.25) is 0 Å². The number of nitrogens with one attached hydrogen (secondary N) is 1. The Bertz CT molecular complexity index is 1070. The number of guanidine groups is 1. The lowest BCUT2D eigenvalue weighted by molar-refractivity contribution is -0.384. The molecule has 0 fully saturated rings. The third-order valence-electron chi connectivity index (χ3n) is 3.69. The van der Waals surface area contributed by atoms with Crippen molar-refractivity contribution in [3.63, 3.8) is 0 Å². The summed E-state index contributed by atoms with van der Waals surface area (Å²) in [5, 5.41) is 11.2. The maximum Gasteiger partial charge on any atom is 0.270 e. The smallest absolute Gasteiger partial charge is 0.263 e. The first kappa shape index (κ1) is 19.9. The summed E-state index contributed by atoms with van der Waals surface area (Å²) in [5.41, 5.74) is 0.185. The second-order valence-electron chi connectivity index (χ2n) is 5.37. The number of nitro benzene ring substituents is 1. The SMILES string of the molecule is COS1(OC)N=C(NS(=O)(=O)c2ccccc2)N=C1c1cccc([N+](=O)[O-])c1. The third-order valence-corrected chi connectivity index (χ3v) is 7.17. The maximum atomic E-state index is 12.5. The zero-order valence-electron chi connectivity index (χ0n) is 14.8. The molecule has 2 aromatic carbocycles. The molecule has 0 unspecified atom stereocenters. The number of benzene rings is 2. The van der Waals surface area contributed by atoms with Crippen molar-refractivity contribution in [2.24, 2.45) is 9.39 Å². The summed E-state index contributed by atoms with van der Waals surface area (Å²) in [4.78, 5) is 14.8. The highest BCUT2D eigenvalue weighted by molar-refractivity contribution is 8.38. The number of hydrogen-bond acceptors (Lipinski definition) is 8. The van der Waals surface area contributed by atoms with Crippen LogP contribution < -0.4 is 4.72 Å². The van der Waals surface area contributed by atoms with Crippen LogP contribution in [0.25, 0.3) is 0 Å². The summed E-state index contributed by atoms with van der Waals surface area (Å²) in [7, 11) is -4.05. The van der Waals surface area contributed by atoms with Crippen LogP contribution >= 0.6 is 10.8 Å². The highest BCUT2D eigenvalue weighted by atomic mass is 32.3. The van der Waals surface area contributed by atoms with Crippen molar-refractivity contribution >= 4 is 37.5 Å². The van der Waals surface area contributed by atoms with E-state index in [0.717, 1.165) is 0 Å². The first-order valence-corrected chi connectivity index (χ1v) is 10.7. The monoisotopic (exact) mass is 424 g/mol. The van der Waals surface area contributed by atoms with Crippen LogP contribution in [-0.4, -0.2) is 38.6 Å². The summed E-state index contributed by atoms with van der Waals surface area (Å²) in [5.74, 6) is -0.232. The molecule has 0 spiro atoms. The van der Waals surface area contributed by atoms with Crippen molar-refractivity contribution in [3.05, 3.63) is 70.3 Å². The maximum absolute atomic E-state index is 12.5. The minimum absolute atomic E-state index is 0.0344. The van der Waals surface area contributed by atoms with E-state index in [-0.39, 0.29) is 21.6 Å². The van der Waals surface area contributed by atoms with Crippen LogP contribution in [0.4, 0.5) is 5.69 Å². The van der Waals surface area contributed by atoms with Crippen LogP contribution in [0.1, 0.15) is 5.56 Å². The van der Waals surface area contributed by atoms with Gasteiger partial charge in [0.1, 0.15) is 0 Å². The van der Waals surface area contributed by atoms with E-state index in [1.807, 2.05) is 0 Å². The van der Waals surface area contributed by atoms with E-state index < -0.39 is 25.7 Å². The number of sulfonamides is 1. The van der Waals surface area contributed by atoms with Gasteiger partial charge in [-0.2, -0.15) is 4.99 Å². The zero-order valence-corrected chi connectivity index (χ0v) is 16.4. The number of aliphatic imine (C=N–C) groups is 1. The molecule has 0 bridgehead atoms. The van der Waals surface area contributed by atoms with E-state index in [1.54, 1.807) is 24.3 Å². The van der Waals surface area contributed by atoms with Gasteiger partial charge in [-0.25, -0.2) is 13.1 Å². The van der Waals surface area contributed by atoms with Gasteiger partial charge in [-0.05, 0) is 22.9 Å². The molecule has 0 radical (unpaired) electrons. The Morgan fingerprint density at radius 2 is 1.75 bits per heavy atom. The Kier molecular flexibility index (Phi) is 5.47. The van der Waals surface area contributed by atoms with Crippen molar-refractivity contribution in [2.75, 3.05) is 14.2 Å². The van der Waals surface area contributed by atoms with Gasteiger partial charge in [-0.3, -0.25) is 18.5 Å². The number of non-ortho nitro benzene ring substituents is 1. The third kappa shape index (κ3) is 3.75. The summed E-state index contributed by atoms with van der Waals surface area (Å²) in [6.07, 6.45) is 0. The Morgan fingerprint density at radius 1 is 1.07 bits per heavy atom. The van der Waals surface area contributed by atoms with E-state index in [4.69, 9.17) is 8.37 Å². The van der Waals surface area contributed by atoms with Gasteiger partial charge >= 0.3 is 0 Å². The lowest BCUT2D eigenvalue weighted by Gasteiger charge is -2.32. The molecule has 10 nitrogen and oxygen atoms in total. The molecule has 0 aromatic heterocycles. The second kappa shape index (κ2) is 7.67. The van der Waals surface area contributed by atoms with Crippen molar-refractivity contribution in [1.29, 1.82) is 0 Å². The van der Waals surface area contributed by atoms with Crippen LogP contribution in [0.15, 0.2) is 68.9 Å². The molecule has 28 heavy (non-hydrogen) atoms. The Labute approximate surface area is 163 Å². The predicted octanol–water partition coefficient (Wildman–Crippen LogP) is 2.53. The summed E-state index contributed by atoms with van der Waals surface area (Å²) in [6, 6.07) is 13.4. The molecule has 0 saturated carbocycles. The minimum atomic E-state index is -3.93. The van der Waals surface area contributed by atoms with E-state index in [0.29, 0.717) is 5.56 Å². The normalized spacial score (nSPS) is 16.8. The van der Waals surface area contributed by atoms with E-state index in [1.165, 1.54) is 44.6 Å².